The van der Waals surface area contributed by atoms with Crippen LogP contribution in [0.1, 0.15) is 70.2 Å². The van der Waals surface area contributed by atoms with E-state index in [1.807, 2.05) is 11.4 Å². The Hall–Kier alpha value is -1.78. The molecule has 1 aliphatic carbocycles. The number of nitrogens with one attached hydrogen (secondary N) is 1. The molecule has 10 heteroatoms. The molecule has 2 saturated heterocycles. The molecule has 0 radical (unpaired) electrons. The summed E-state index contributed by atoms with van der Waals surface area (Å²) in [7, 11) is 0. The van der Waals surface area contributed by atoms with Crippen molar-refractivity contribution < 1.29 is 24.2 Å². The third-order valence-corrected chi connectivity index (χ3v) is 9.43. The number of carboxylic acid groups (broad SMARTS) is 1. The van der Waals surface area contributed by atoms with Crippen molar-refractivity contribution in [3.63, 3.8) is 0 Å². The average Bonchev–Trinajstić information content (AvgIpc) is 3.18. The summed E-state index contributed by atoms with van der Waals surface area (Å²) in [6.07, 6.45) is 7.13. The van der Waals surface area contributed by atoms with Gasteiger partial charge in [-0.3, -0.25) is 9.59 Å². The Morgan fingerprint density at radius 3 is 2.53 bits per heavy atom. The number of thioether (sulfide) groups is 1. The van der Waals surface area contributed by atoms with Gasteiger partial charge in [-0.2, -0.15) is 0 Å². The molecule has 176 valence electrons. The number of carbonyl (C=O) groups excluding carboxylic acids is 2. The highest BCUT2D eigenvalue weighted by atomic mass is 32.2. The number of amides is 2. The van der Waals surface area contributed by atoms with E-state index in [4.69, 9.17) is 10.5 Å². The van der Waals surface area contributed by atoms with Gasteiger partial charge < -0.3 is 25.8 Å². The number of hydrogen-bond donors (Lipinski definition) is 3. The smallest absolute Gasteiger partial charge is 0.327 e. The third kappa shape index (κ3) is 4.01. The highest BCUT2D eigenvalue weighted by Crippen LogP contribution is 2.54. The van der Waals surface area contributed by atoms with Crippen LogP contribution in [0.4, 0.5) is 0 Å². The maximum absolute atomic E-state index is 12.9. The topological polar surface area (TPSA) is 122 Å². The van der Waals surface area contributed by atoms with E-state index in [9.17, 15) is 19.5 Å². The quantitative estimate of drug-likeness (QED) is 0.422. The first-order chi connectivity index (χ1) is 15.0. The minimum Gasteiger partial charge on any atom is -0.490 e. The van der Waals surface area contributed by atoms with Crippen LogP contribution in [0.5, 0.6) is 5.75 Å². The summed E-state index contributed by atoms with van der Waals surface area (Å²) >= 11 is 2.76. The number of nitrogens with two attached hydrogens (primary N) is 1. The fourth-order valence-corrected chi connectivity index (χ4v) is 7.37. The summed E-state index contributed by atoms with van der Waals surface area (Å²) in [5.74, 6) is -1.16. The van der Waals surface area contributed by atoms with E-state index in [-0.39, 0.29) is 6.10 Å². The minimum absolute atomic E-state index is 0.201. The van der Waals surface area contributed by atoms with Gasteiger partial charge in [0.25, 0.3) is 5.91 Å². The van der Waals surface area contributed by atoms with Gasteiger partial charge in [0.05, 0.1) is 6.10 Å². The molecule has 2 aliphatic heterocycles. The Morgan fingerprint density at radius 1 is 1.25 bits per heavy atom. The molecule has 0 spiro atoms. The summed E-state index contributed by atoms with van der Waals surface area (Å²) in [6.45, 7) is 5.25. The molecule has 3 fully saturated rings. The van der Waals surface area contributed by atoms with Crippen LogP contribution in [0.3, 0.4) is 0 Å². The van der Waals surface area contributed by atoms with Crippen LogP contribution >= 0.6 is 23.1 Å². The van der Waals surface area contributed by atoms with E-state index in [0.29, 0.717) is 4.88 Å². The number of nitrogens with zero attached hydrogens (tertiary/aromatic N) is 1. The normalized spacial score (nSPS) is 30.8. The largest absolute Gasteiger partial charge is 0.490 e. The second-order valence-corrected chi connectivity index (χ2v) is 12.3. The highest BCUT2D eigenvalue weighted by molar-refractivity contribution is 8.01. The van der Waals surface area contributed by atoms with Crippen molar-refractivity contribution >= 4 is 40.9 Å². The van der Waals surface area contributed by atoms with Crippen molar-refractivity contribution in [2.45, 2.75) is 93.1 Å². The van der Waals surface area contributed by atoms with Crippen LogP contribution in [0.15, 0.2) is 11.4 Å². The second-order valence-electron chi connectivity index (χ2n) is 9.61. The van der Waals surface area contributed by atoms with E-state index in [1.54, 1.807) is 20.8 Å². The van der Waals surface area contributed by atoms with Gasteiger partial charge >= 0.3 is 5.97 Å². The van der Waals surface area contributed by atoms with Crippen LogP contribution in [0.2, 0.25) is 0 Å². The van der Waals surface area contributed by atoms with Gasteiger partial charge in [0, 0.05) is 15.0 Å². The van der Waals surface area contributed by atoms with Crippen LogP contribution in [-0.2, 0) is 14.4 Å². The van der Waals surface area contributed by atoms with Crippen molar-refractivity contribution in [3.8, 4) is 5.75 Å². The number of ether oxygens (including phenoxy) is 1. The number of β-lactam (4-membered cyclic amide) rings is 1. The van der Waals surface area contributed by atoms with E-state index in [1.165, 1.54) is 53.7 Å². The van der Waals surface area contributed by atoms with Gasteiger partial charge in [-0.05, 0) is 52.5 Å². The SMILES string of the molecule is CC1(C)S[C@H]2N(C(=O)[C@]2(C)NC(=O)C(N)c2cc(OC3CCCCCC3)cs2)[C@H]1C(=O)O. The summed E-state index contributed by atoms with van der Waals surface area (Å²) in [4.78, 5) is 39.6. The van der Waals surface area contributed by atoms with Crippen LogP contribution in [0.25, 0.3) is 0 Å². The van der Waals surface area contributed by atoms with E-state index in [2.05, 4.69) is 5.32 Å². The van der Waals surface area contributed by atoms with Gasteiger partial charge in [0.15, 0.2) is 0 Å². The number of carboxylic acids is 1. The van der Waals surface area contributed by atoms with Crippen LogP contribution < -0.4 is 15.8 Å². The third-order valence-electron chi connectivity index (χ3n) is 6.68. The molecular weight excluding hydrogens is 450 g/mol. The maximum Gasteiger partial charge on any atom is 0.327 e. The second kappa shape index (κ2) is 8.53. The number of carbonyl (C=O) groups is 3. The number of rotatable bonds is 6. The molecule has 4 N–H and O–H groups in total. The molecule has 1 aromatic rings. The monoisotopic (exact) mass is 481 g/mol. The summed E-state index contributed by atoms with van der Waals surface area (Å²) in [5.41, 5.74) is 5.04. The number of hydrogen-bond acceptors (Lipinski definition) is 7. The van der Waals surface area contributed by atoms with E-state index >= 15 is 0 Å². The Labute approximate surface area is 196 Å². The first-order valence-corrected chi connectivity index (χ1v) is 12.9. The zero-order valence-electron chi connectivity index (χ0n) is 18.6. The molecule has 1 saturated carbocycles. The van der Waals surface area contributed by atoms with Crippen molar-refractivity contribution in [2.24, 2.45) is 5.73 Å². The zero-order chi connectivity index (χ0) is 23.3. The lowest BCUT2D eigenvalue weighted by molar-refractivity contribution is -0.168. The Morgan fingerprint density at radius 2 is 1.91 bits per heavy atom. The highest BCUT2D eigenvalue weighted by Gasteiger charge is 2.70. The lowest BCUT2D eigenvalue weighted by Crippen LogP contribution is -2.78. The molecule has 32 heavy (non-hydrogen) atoms. The average molecular weight is 482 g/mol. The molecule has 1 unspecified atom stereocenters. The molecule has 4 rings (SSSR count). The summed E-state index contributed by atoms with van der Waals surface area (Å²) < 4.78 is 5.46. The molecular formula is C22H31N3O5S2. The van der Waals surface area contributed by atoms with Gasteiger partial charge in [-0.1, -0.05) is 12.8 Å². The predicted octanol–water partition coefficient (Wildman–Crippen LogP) is 2.87. The summed E-state index contributed by atoms with van der Waals surface area (Å²) in [6, 6.07) is -0.0465. The van der Waals surface area contributed by atoms with Crippen molar-refractivity contribution in [1.29, 1.82) is 0 Å². The Balaban J connectivity index is 1.41. The zero-order valence-corrected chi connectivity index (χ0v) is 20.3. The van der Waals surface area contributed by atoms with Gasteiger partial charge in [0.2, 0.25) is 5.91 Å². The standard InChI is InChI=1S/C22H31N3O5S2/c1-21(2)16(18(27)28)25-19(29)22(3,20(25)32-21)24-17(26)15(23)14-10-13(11-31-14)30-12-8-6-4-5-7-9-12/h10-12,15-16,20H,4-9,23H2,1-3H3,(H,24,26)(H,27,28)/t15?,16-,20+,22-/m0/s1. The molecule has 0 bridgehead atoms. The molecule has 0 aromatic carbocycles. The number of fused-ring (bicyclic) bond motifs is 1. The van der Waals surface area contributed by atoms with Gasteiger partial charge in [-0.25, -0.2) is 4.79 Å². The molecule has 1 aromatic heterocycles. The Kier molecular flexibility index (Phi) is 6.23. The molecule has 3 heterocycles. The molecule has 4 atom stereocenters. The van der Waals surface area contributed by atoms with E-state index < -0.39 is 45.5 Å². The maximum atomic E-state index is 12.9. The van der Waals surface area contributed by atoms with Crippen molar-refractivity contribution in [3.05, 3.63) is 16.3 Å². The molecule has 2 amide bonds. The summed E-state index contributed by atoms with van der Waals surface area (Å²) in [5, 5.41) is 13.8. The van der Waals surface area contributed by atoms with Gasteiger partial charge in [-0.15, -0.1) is 23.1 Å². The van der Waals surface area contributed by atoms with Crippen LogP contribution in [-0.4, -0.2) is 55.6 Å². The fourth-order valence-electron chi connectivity index (χ4n) is 4.91. The van der Waals surface area contributed by atoms with Crippen molar-refractivity contribution in [2.75, 3.05) is 0 Å². The number of aliphatic carboxylic acids is 1. The Bertz CT molecular complexity index is 911. The predicted molar refractivity (Wildman–Crippen MR) is 124 cm³/mol. The lowest BCUT2D eigenvalue weighted by atomic mass is 9.86. The van der Waals surface area contributed by atoms with Crippen molar-refractivity contribution in [1.82, 2.24) is 10.2 Å². The van der Waals surface area contributed by atoms with Crippen LogP contribution in [0, 0.1) is 0 Å². The fraction of sp³-hybridized carbons (Fsp3) is 0.682. The first-order valence-electron chi connectivity index (χ1n) is 11.1. The minimum atomic E-state index is -1.18. The van der Waals surface area contributed by atoms with Gasteiger partial charge in [0.1, 0.15) is 28.7 Å². The number of thiophene rings is 1. The molecule has 8 nitrogen and oxygen atoms in total. The van der Waals surface area contributed by atoms with E-state index in [0.717, 1.165) is 18.6 Å². The lowest BCUT2D eigenvalue weighted by Gasteiger charge is -2.51. The first kappa shape index (κ1) is 23.4. The molecule has 3 aliphatic rings.